The average molecular weight is 467 g/mol. The van der Waals surface area contributed by atoms with Gasteiger partial charge in [-0.3, -0.25) is 14.7 Å². The lowest BCUT2D eigenvalue weighted by atomic mass is 10.2. The molecular weight excluding hydrogens is 447 g/mol. The van der Waals surface area contributed by atoms with Gasteiger partial charge in [-0.1, -0.05) is 52.9 Å². The summed E-state index contributed by atoms with van der Waals surface area (Å²) in [4.78, 5) is 12.5. The molecule has 1 fully saturated rings. The number of thioether (sulfide) groups is 1. The van der Waals surface area contributed by atoms with Crippen molar-refractivity contribution in [2.75, 3.05) is 11.1 Å². The fourth-order valence-corrected chi connectivity index (χ4v) is 4.78. The second-order valence-electron chi connectivity index (χ2n) is 7.53. The Balaban J connectivity index is 1.25. The van der Waals surface area contributed by atoms with Gasteiger partial charge in [-0.15, -0.1) is 20.4 Å². The van der Waals surface area contributed by atoms with Crippen LogP contribution in [0.3, 0.4) is 0 Å². The van der Waals surface area contributed by atoms with Crippen LogP contribution in [0.1, 0.15) is 24.4 Å². The minimum absolute atomic E-state index is 0.174. The van der Waals surface area contributed by atoms with Gasteiger partial charge in [0.2, 0.25) is 11.0 Å². The molecule has 0 aliphatic heterocycles. The summed E-state index contributed by atoms with van der Waals surface area (Å²) in [5.41, 5.74) is 2.94. The van der Waals surface area contributed by atoms with Crippen LogP contribution in [0.4, 0.5) is 9.52 Å². The molecule has 2 heterocycles. The monoisotopic (exact) mass is 466 g/mol. The van der Waals surface area contributed by atoms with Crippen molar-refractivity contribution in [1.82, 2.24) is 25.0 Å². The number of anilines is 1. The van der Waals surface area contributed by atoms with Crippen molar-refractivity contribution in [1.29, 1.82) is 0 Å². The lowest BCUT2D eigenvalue weighted by molar-refractivity contribution is -0.113. The molecule has 10 heteroatoms. The van der Waals surface area contributed by atoms with Crippen LogP contribution in [-0.4, -0.2) is 36.6 Å². The van der Waals surface area contributed by atoms with E-state index in [9.17, 15) is 9.18 Å². The minimum Gasteiger partial charge on any atom is -0.300 e. The number of hydrogen-bond donors (Lipinski definition) is 1. The van der Waals surface area contributed by atoms with Crippen LogP contribution in [0.15, 0.2) is 53.7 Å². The van der Waals surface area contributed by atoms with E-state index in [4.69, 9.17) is 0 Å². The first kappa shape index (κ1) is 20.8. The van der Waals surface area contributed by atoms with Crippen molar-refractivity contribution in [3.05, 3.63) is 59.9 Å². The highest BCUT2D eigenvalue weighted by molar-refractivity contribution is 7.99. The molecule has 1 aliphatic carbocycles. The van der Waals surface area contributed by atoms with Gasteiger partial charge in [0.25, 0.3) is 0 Å². The zero-order valence-corrected chi connectivity index (χ0v) is 18.8. The van der Waals surface area contributed by atoms with Gasteiger partial charge in [-0.2, -0.15) is 0 Å². The molecule has 2 aromatic heterocycles. The Kier molecular flexibility index (Phi) is 5.71. The Morgan fingerprint density at radius 3 is 2.50 bits per heavy atom. The van der Waals surface area contributed by atoms with E-state index >= 15 is 0 Å². The third-order valence-corrected chi connectivity index (χ3v) is 6.81. The number of hydrogen-bond acceptors (Lipinski definition) is 7. The van der Waals surface area contributed by atoms with Crippen LogP contribution in [0.25, 0.3) is 22.0 Å². The van der Waals surface area contributed by atoms with E-state index in [1.807, 2.05) is 35.8 Å². The molecule has 0 saturated heterocycles. The van der Waals surface area contributed by atoms with Crippen LogP contribution in [0.2, 0.25) is 0 Å². The SMILES string of the molecule is Cc1ccc(-c2nnc(NC(=O)CSc3nnc(-c4ccc(F)cc4)n3C3CC3)s2)cc1. The van der Waals surface area contributed by atoms with E-state index in [-0.39, 0.29) is 17.5 Å². The lowest BCUT2D eigenvalue weighted by Gasteiger charge is -2.08. The predicted molar refractivity (Wildman–Crippen MR) is 123 cm³/mol. The molecule has 1 aliphatic rings. The lowest BCUT2D eigenvalue weighted by Crippen LogP contribution is -2.14. The van der Waals surface area contributed by atoms with Crippen LogP contribution in [-0.2, 0) is 4.79 Å². The van der Waals surface area contributed by atoms with Crippen molar-refractivity contribution in [3.63, 3.8) is 0 Å². The summed E-state index contributed by atoms with van der Waals surface area (Å²) in [5.74, 6) is 0.394. The summed E-state index contributed by atoms with van der Waals surface area (Å²) in [7, 11) is 0. The van der Waals surface area contributed by atoms with Gasteiger partial charge in [0, 0.05) is 17.2 Å². The van der Waals surface area contributed by atoms with Crippen molar-refractivity contribution >= 4 is 34.1 Å². The number of nitrogens with zero attached hydrogens (tertiary/aromatic N) is 5. The molecule has 0 atom stereocenters. The van der Waals surface area contributed by atoms with Crippen molar-refractivity contribution in [3.8, 4) is 22.0 Å². The molecule has 0 unspecified atom stereocenters. The van der Waals surface area contributed by atoms with E-state index in [0.29, 0.717) is 22.2 Å². The Bertz CT molecular complexity index is 1250. The summed E-state index contributed by atoms with van der Waals surface area (Å²) in [6.45, 7) is 2.03. The molecule has 0 bridgehead atoms. The van der Waals surface area contributed by atoms with E-state index in [1.165, 1.54) is 40.8 Å². The maximum Gasteiger partial charge on any atom is 0.236 e. The highest BCUT2D eigenvalue weighted by Gasteiger charge is 2.30. The number of aryl methyl sites for hydroxylation is 1. The molecule has 32 heavy (non-hydrogen) atoms. The van der Waals surface area contributed by atoms with Crippen LogP contribution < -0.4 is 5.32 Å². The summed E-state index contributed by atoms with van der Waals surface area (Å²) < 4.78 is 15.3. The highest BCUT2D eigenvalue weighted by atomic mass is 32.2. The zero-order chi connectivity index (χ0) is 22.1. The van der Waals surface area contributed by atoms with Gasteiger partial charge in [0.05, 0.1) is 5.75 Å². The fraction of sp³-hybridized carbons (Fsp3) is 0.227. The van der Waals surface area contributed by atoms with Gasteiger partial charge < -0.3 is 0 Å². The summed E-state index contributed by atoms with van der Waals surface area (Å²) in [5, 5.41) is 21.5. The number of carbonyl (C=O) groups excluding carboxylic acids is 1. The molecule has 7 nitrogen and oxygen atoms in total. The third-order valence-electron chi connectivity index (χ3n) is 4.98. The number of halogens is 1. The predicted octanol–water partition coefficient (Wildman–Crippen LogP) is 4.98. The molecule has 4 aromatic rings. The van der Waals surface area contributed by atoms with Crippen LogP contribution >= 0.6 is 23.1 Å². The Morgan fingerprint density at radius 1 is 1.06 bits per heavy atom. The van der Waals surface area contributed by atoms with Crippen LogP contribution in [0.5, 0.6) is 0 Å². The Labute approximate surface area is 192 Å². The first-order chi connectivity index (χ1) is 15.6. The van der Waals surface area contributed by atoms with Gasteiger partial charge in [0.1, 0.15) is 10.8 Å². The second kappa shape index (κ2) is 8.79. The largest absolute Gasteiger partial charge is 0.300 e. The number of benzene rings is 2. The molecule has 0 spiro atoms. The van der Waals surface area contributed by atoms with Gasteiger partial charge in [-0.25, -0.2) is 4.39 Å². The van der Waals surface area contributed by atoms with Gasteiger partial charge >= 0.3 is 0 Å². The molecule has 162 valence electrons. The minimum atomic E-state index is -0.292. The molecule has 5 rings (SSSR count). The molecule has 1 saturated carbocycles. The van der Waals surface area contributed by atoms with E-state index in [0.717, 1.165) is 29.0 Å². The highest BCUT2D eigenvalue weighted by Crippen LogP contribution is 2.41. The van der Waals surface area contributed by atoms with E-state index in [2.05, 4.69) is 25.7 Å². The molecule has 1 amide bonds. The smallest absolute Gasteiger partial charge is 0.236 e. The Morgan fingerprint density at radius 2 is 1.78 bits per heavy atom. The maximum absolute atomic E-state index is 13.3. The first-order valence-corrected chi connectivity index (χ1v) is 11.9. The summed E-state index contributed by atoms with van der Waals surface area (Å²) >= 11 is 2.66. The quantitative estimate of drug-likeness (QED) is 0.387. The third kappa shape index (κ3) is 4.56. The maximum atomic E-state index is 13.3. The number of carbonyl (C=O) groups is 1. The molecule has 2 aromatic carbocycles. The van der Waals surface area contributed by atoms with Crippen molar-refractivity contribution < 1.29 is 9.18 Å². The molecule has 1 N–H and O–H groups in total. The molecule has 0 radical (unpaired) electrons. The second-order valence-corrected chi connectivity index (χ2v) is 9.45. The topological polar surface area (TPSA) is 85.6 Å². The van der Waals surface area contributed by atoms with E-state index in [1.54, 1.807) is 12.1 Å². The van der Waals surface area contributed by atoms with Gasteiger partial charge in [0.15, 0.2) is 11.0 Å². The van der Waals surface area contributed by atoms with Crippen LogP contribution in [0, 0.1) is 12.7 Å². The number of nitrogens with one attached hydrogen (secondary N) is 1. The standard InChI is InChI=1S/C22H19FN6OS2/c1-13-2-4-15(5-3-13)20-26-27-21(32-20)24-18(30)12-31-22-28-25-19(29(22)17-10-11-17)14-6-8-16(23)9-7-14/h2-9,17H,10-12H2,1H3,(H,24,27,30). The summed E-state index contributed by atoms with van der Waals surface area (Å²) in [6.07, 6.45) is 2.08. The Hall–Kier alpha value is -3.11. The molecular formula is C22H19FN6OS2. The fourth-order valence-electron chi connectivity index (χ4n) is 3.21. The number of rotatable bonds is 7. The van der Waals surface area contributed by atoms with Crippen molar-refractivity contribution in [2.24, 2.45) is 0 Å². The first-order valence-electron chi connectivity index (χ1n) is 10.1. The number of amides is 1. The zero-order valence-electron chi connectivity index (χ0n) is 17.2. The van der Waals surface area contributed by atoms with E-state index < -0.39 is 0 Å². The average Bonchev–Trinajstić information content (AvgIpc) is 3.37. The van der Waals surface area contributed by atoms with Crippen molar-refractivity contribution in [2.45, 2.75) is 31.0 Å². The number of aromatic nitrogens is 5. The summed E-state index contributed by atoms with van der Waals surface area (Å²) in [6, 6.07) is 14.5. The van der Waals surface area contributed by atoms with Gasteiger partial charge in [-0.05, 0) is 44.0 Å². The normalized spacial score (nSPS) is 13.3.